The summed E-state index contributed by atoms with van der Waals surface area (Å²) >= 11 is 0.314. The molecular formula is C17H13F2N3O4S. The van der Waals surface area contributed by atoms with E-state index in [9.17, 15) is 18.1 Å². The molecule has 3 aromatic rings. The Morgan fingerprint density at radius 3 is 2.63 bits per heavy atom. The molecule has 0 bridgehead atoms. The molecule has 1 aromatic carbocycles. The highest BCUT2D eigenvalue weighted by atomic mass is 32.2. The van der Waals surface area contributed by atoms with Crippen LogP contribution in [-0.4, -0.2) is 26.2 Å². The van der Waals surface area contributed by atoms with Crippen molar-refractivity contribution in [1.29, 1.82) is 0 Å². The molecule has 0 fully saturated rings. The number of rotatable bonds is 5. The van der Waals surface area contributed by atoms with Gasteiger partial charge in [-0.2, -0.15) is 0 Å². The number of aromatic nitrogens is 3. The average Bonchev–Trinajstić information content (AvgIpc) is 2.66. The highest BCUT2D eigenvalue weighted by molar-refractivity contribution is 7.93. The van der Waals surface area contributed by atoms with Gasteiger partial charge >= 0.3 is 0 Å². The van der Waals surface area contributed by atoms with Crippen LogP contribution in [0.15, 0.2) is 46.6 Å². The van der Waals surface area contributed by atoms with Gasteiger partial charge in [-0.05, 0) is 18.2 Å². The van der Waals surface area contributed by atoms with Gasteiger partial charge in [-0.3, -0.25) is 4.79 Å². The Morgan fingerprint density at radius 2 is 1.96 bits per heavy atom. The van der Waals surface area contributed by atoms with Crippen molar-refractivity contribution in [3.8, 4) is 28.5 Å². The molecular weight excluding hydrogens is 380 g/mol. The maximum atomic E-state index is 13.9. The number of methoxy groups -OCH3 is 1. The first-order valence-electron chi connectivity index (χ1n) is 7.49. The van der Waals surface area contributed by atoms with E-state index < -0.39 is 11.6 Å². The predicted octanol–water partition coefficient (Wildman–Crippen LogP) is 3.49. The Morgan fingerprint density at radius 1 is 1.19 bits per heavy atom. The summed E-state index contributed by atoms with van der Waals surface area (Å²) < 4.78 is 48.1. The summed E-state index contributed by atoms with van der Waals surface area (Å²) in [6.07, 6.45) is 2.72. The number of hydrogen-bond acceptors (Lipinski definition) is 7. The van der Waals surface area contributed by atoms with Crippen molar-refractivity contribution < 1.29 is 22.8 Å². The van der Waals surface area contributed by atoms with Gasteiger partial charge in [-0.25, -0.2) is 18.7 Å². The second-order valence-corrected chi connectivity index (χ2v) is 5.89. The van der Waals surface area contributed by atoms with Crippen LogP contribution in [0.5, 0.6) is 17.2 Å². The van der Waals surface area contributed by atoms with Crippen LogP contribution in [0, 0.1) is 11.6 Å². The first-order valence-corrected chi connectivity index (χ1v) is 8.26. The fourth-order valence-electron chi connectivity index (χ4n) is 2.31. The van der Waals surface area contributed by atoms with Crippen molar-refractivity contribution in [2.24, 2.45) is 7.05 Å². The lowest BCUT2D eigenvalue weighted by Gasteiger charge is -2.13. The van der Waals surface area contributed by atoms with E-state index in [2.05, 4.69) is 9.97 Å². The van der Waals surface area contributed by atoms with Gasteiger partial charge in [-0.15, -0.1) is 0 Å². The van der Waals surface area contributed by atoms with E-state index in [-0.39, 0.29) is 33.7 Å². The van der Waals surface area contributed by atoms with Crippen LogP contribution in [0.1, 0.15) is 0 Å². The zero-order valence-electron chi connectivity index (χ0n) is 14.1. The summed E-state index contributed by atoms with van der Waals surface area (Å²) in [7, 11) is 2.87. The summed E-state index contributed by atoms with van der Waals surface area (Å²) in [5.74, 6) is -1.78. The number of benzene rings is 1. The number of pyridine rings is 1. The smallest absolute Gasteiger partial charge is 0.292 e. The molecule has 0 radical (unpaired) electrons. The predicted molar refractivity (Wildman–Crippen MR) is 94.2 cm³/mol. The summed E-state index contributed by atoms with van der Waals surface area (Å²) in [6, 6.07) is 4.30. The first-order chi connectivity index (χ1) is 12.9. The fraction of sp³-hybridized carbons (Fsp3) is 0.118. The Labute approximate surface area is 156 Å². The largest absolute Gasteiger partial charge is 0.491 e. The van der Waals surface area contributed by atoms with Crippen LogP contribution >= 0.6 is 12.0 Å². The summed E-state index contributed by atoms with van der Waals surface area (Å²) in [5.41, 5.74) is 0.224. The summed E-state index contributed by atoms with van der Waals surface area (Å²) in [6.45, 7) is 0. The monoisotopic (exact) mass is 393 g/mol. The minimum atomic E-state index is -0.903. The Bertz CT molecular complexity index is 1060. The van der Waals surface area contributed by atoms with E-state index in [1.165, 1.54) is 37.2 Å². The van der Waals surface area contributed by atoms with Gasteiger partial charge in [0.2, 0.25) is 5.16 Å². The molecule has 2 heterocycles. The number of halogens is 2. The first kappa shape index (κ1) is 18.8. The molecule has 0 unspecified atom stereocenters. The van der Waals surface area contributed by atoms with Gasteiger partial charge in [0.15, 0.2) is 23.1 Å². The molecule has 0 aliphatic heterocycles. The normalized spacial score (nSPS) is 10.7. The maximum Gasteiger partial charge on any atom is 0.292 e. The lowest BCUT2D eigenvalue weighted by Crippen LogP contribution is -2.18. The molecule has 0 saturated heterocycles. The minimum Gasteiger partial charge on any atom is -0.491 e. The van der Waals surface area contributed by atoms with Gasteiger partial charge in [0, 0.05) is 24.9 Å². The third-order valence-electron chi connectivity index (χ3n) is 3.57. The standard InChI is InChI=1S/C17H13F2N3O4S/c1-22-8-9(5-13(25-2)16(22)23)15-14(7-20-17(21-15)27-24)26-12-4-3-10(18)6-11(12)19/h3-8,24H,1-2H3. The van der Waals surface area contributed by atoms with Crippen molar-refractivity contribution in [2.45, 2.75) is 5.16 Å². The van der Waals surface area contributed by atoms with Crippen LogP contribution < -0.4 is 15.0 Å². The third-order valence-corrected chi connectivity index (χ3v) is 3.93. The van der Waals surface area contributed by atoms with E-state index in [0.717, 1.165) is 12.1 Å². The van der Waals surface area contributed by atoms with Crippen molar-refractivity contribution in [1.82, 2.24) is 14.5 Å². The lowest BCUT2D eigenvalue weighted by molar-refractivity contribution is 0.405. The molecule has 0 aliphatic rings. The molecule has 0 atom stereocenters. The molecule has 0 saturated carbocycles. The number of nitrogens with zero attached hydrogens (tertiary/aromatic N) is 3. The van der Waals surface area contributed by atoms with Crippen LogP contribution in [0.4, 0.5) is 8.78 Å². The number of ether oxygens (including phenoxy) is 2. The molecule has 27 heavy (non-hydrogen) atoms. The second kappa shape index (κ2) is 7.72. The topological polar surface area (TPSA) is 86.5 Å². The average molecular weight is 393 g/mol. The molecule has 0 spiro atoms. The Kier molecular flexibility index (Phi) is 5.38. The Balaban J connectivity index is 2.14. The summed E-state index contributed by atoms with van der Waals surface area (Å²) in [5, 5.41) is 0.0183. The van der Waals surface area contributed by atoms with Crippen LogP contribution in [0.2, 0.25) is 0 Å². The number of aryl methyl sites for hydroxylation is 1. The van der Waals surface area contributed by atoms with E-state index in [1.807, 2.05) is 0 Å². The molecule has 10 heteroatoms. The highest BCUT2D eigenvalue weighted by Gasteiger charge is 2.17. The van der Waals surface area contributed by atoms with Crippen molar-refractivity contribution in [2.75, 3.05) is 7.11 Å². The van der Waals surface area contributed by atoms with E-state index in [4.69, 9.17) is 9.47 Å². The van der Waals surface area contributed by atoms with Gasteiger partial charge in [-0.1, -0.05) is 0 Å². The quantitative estimate of drug-likeness (QED) is 0.524. The Hall–Kier alpha value is -2.98. The molecule has 1 N–H and O–H groups in total. The van der Waals surface area contributed by atoms with Crippen molar-refractivity contribution in [3.05, 3.63) is 58.6 Å². The van der Waals surface area contributed by atoms with Crippen LogP contribution in [0.25, 0.3) is 11.3 Å². The molecule has 140 valence electrons. The second-order valence-electron chi connectivity index (χ2n) is 5.35. The highest BCUT2D eigenvalue weighted by Crippen LogP contribution is 2.34. The maximum absolute atomic E-state index is 13.9. The zero-order valence-corrected chi connectivity index (χ0v) is 15.0. The van der Waals surface area contributed by atoms with E-state index >= 15 is 0 Å². The van der Waals surface area contributed by atoms with Gasteiger partial charge in [0.1, 0.15) is 11.5 Å². The summed E-state index contributed by atoms with van der Waals surface area (Å²) in [4.78, 5) is 20.1. The third kappa shape index (κ3) is 3.91. The molecule has 2 aromatic heterocycles. The van der Waals surface area contributed by atoms with Crippen LogP contribution in [-0.2, 0) is 7.05 Å². The van der Waals surface area contributed by atoms with E-state index in [1.54, 1.807) is 0 Å². The SMILES string of the molecule is COc1cc(-c2nc(SO)ncc2Oc2ccc(F)cc2F)cn(C)c1=O. The fourth-order valence-corrected chi connectivity index (χ4v) is 2.55. The van der Waals surface area contributed by atoms with E-state index in [0.29, 0.717) is 23.7 Å². The van der Waals surface area contributed by atoms with Crippen LogP contribution in [0.3, 0.4) is 0 Å². The zero-order chi connectivity index (χ0) is 19.6. The molecule has 7 nitrogen and oxygen atoms in total. The lowest BCUT2D eigenvalue weighted by atomic mass is 10.2. The van der Waals surface area contributed by atoms with Gasteiger partial charge in [0.05, 0.1) is 25.3 Å². The van der Waals surface area contributed by atoms with Crippen molar-refractivity contribution >= 4 is 12.0 Å². The molecule has 0 amide bonds. The minimum absolute atomic E-state index is 0.0183. The number of hydrogen-bond donors (Lipinski definition) is 1. The van der Waals surface area contributed by atoms with Crippen molar-refractivity contribution in [3.63, 3.8) is 0 Å². The van der Waals surface area contributed by atoms with Gasteiger partial charge in [0.25, 0.3) is 5.56 Å². The molecule has 0 aliphatic carbocycles. The van der Waals surface area contributed by atoms with Gasteiger partial charge < -0.3 is 18.6 Å². The molecule has 3 rings (SSSR count).